The van der Waals surface area contributed by atoms with E-state index in [1.165, 1.54) is 15.3 Å². The third kappa shape index (κ3) is 2.94. The van der Waals surface area contributed by atoms with E-state index in [0.29, 0.717) is 6.04 Å². The molecular formula is C14H23NO2S. The van der Waals surface area contributed by atoms with Crippen molar-refractivity contribution >= 4 is 11.3 Å². The van der Waals surface area contributed by atoms with E-state index in [2.05, 4.69) is 25.2 Å². The van der Waals surface area contributed by atoms with E-state index in [1.807, 2.05) is 18.3 Å². The van der Waals surface area contributed by atoms with Crippen LogP contribution in [-0.2, 0) is 16.0 Å². The molecule has 1 N–H and O–H groups in total. The number of thiophene rings is 1. The molecule has 1 aromatic heterocycles. The summed E-state index contributed by atoms with van der Waals surface area (Å²) in [5.74, 6) is 0. The topological polar surface area (TPSA) is 30.5 Å². The fourth-order valence-corrected chi connectivity index (χ4v) is 3.45. The molecule has 2 rings (SSSR count). The Hall–Kier alpha value is -0.420. The van der Waals surface area contributed by atoms with Gasteiger partial charge in [0, 0.05) is 36.1 Å². The average Bonchev–Trinajstić information content (AvgIpc) is 2.63. The molecule has 1 saturated carbocycles. The molecule has 1 fully saturated rings. The average molecular weight is 269 g/mol. The van der Waals surface area contributed by atoms with Gasteiger partial charge in [0.25, 0.3) is 0 Å². The number of nitrogens with one attached hydrogen (secondary N) is 1. The van der Waals surface area contributed by atoms with Crippen molar-refractivity contribution in [2.24, 2.45) is 0 Å². The highest BCUT2D eigenvalue weighted by atomic mass is 32.1. The Balaban J connectivity index is 1.81. The fraction of sp³-hybridized carbons (Fsp3) is 0.714. The van der Waals surface area contributed by atoms with Crippen LogP contribution in [0, 0.1) is 13.8 Å². The highest BCUT2D eigenvalue weighted by molar-refractivity contribution is 7.12. The van der Waals surface area contributed by atoms with Gasteiger partial charge in [-0.25, -0.2) is 0 Å². The summed E-state index contributed by atoms with van der Waals surface area (Å²) in [4.78, 5) is 2.82. The van der Waals surface area contributed by atoms with Gasteiger partial charge in [-0.3, -0.25) is 0 Å². The van der Waals surface area contributed by atoms with E-state index in [1.54, 1.807) is 7.11 Å². The van der Waals surface area contributed by atoms with Crippen LogP contribution in [0.15, 0.2) is 6.07 Å². The largest absolute Gasteiger partial charge is 0.377 e. The maximum absolute atomic E-state index is 5.62. The number of aryl methyl sites for hydroxylation is 2. The molecule has 0 radical (unpaired) electrons. The smallest absolute Gasteiger partial charge is 0.0986 e. The van der Waals surface area contributed by atoms with E-state index in [0.717, 1.165) is 19.6 Å². The van der Waals surface area contributed by atoms with Gasteiger partial charge >= 0.3 is 0 Å². The predicted octanol–water partition coefficient (Wildman–Crippen LogP) is 2.65. The summed E-state index contributed by atoms with van der Waals surface area (Å²) in [7, 11) is 1.77. The Kier molecular flexibility index (Phi) is 4.78. The molecule has 4 heteroatoms. The van der Waals surface area contributed by atoms with Crippen molar-refractivity contribution in [1.29, 1.82) is 0 Å². The SMILES string of the molecule is CCOC1CC(NCc2cc(C)c(C)s2)C1OC. The minimum atomic E-state index is 0.201. The summed E-state index contributed by atoms with van der Waals surface area (Å²) in [6.07, 6.45) is 1.52. The molecule has 1 aliphatic rings. The van der Waals surface area contributed by atoms with Crippen LogP contribution >= 0.6 is 11.3 Å². The standard InChI is InChI=1S/C14H23NO2S/c1-5-17-13-7-12(14(13)16-4)15-8-11-6-9(2)10(3)18-11/h6,12-15H,5,7-8H2,1-4H3. The van der Waals surface area contributed by atoms with Gasteiger partial charge in [-0.15, -0.1) is 11.3 Å². The van der Waals surface area contributed by atoms with Gasteiger partial charge in [-0.05, 0) is 38.8 Å². The van der Waals surface area contributed by atoms with Crippen LogP contribution in [0.2, 0.25) is 0 Å². The highest BCUT2D eigenvalue weighted by Gasteiger charge is 2.41. The molecule has 0 amide bonds. The lowest BCUT2D eigenvalue weighted by atomic mass is 9.85. The zero-order valence-corrected chi connectivity index (χ0v) is 12.5. The Bertz CT molecular complexity index is 372. The third-order valence-corrected chi connectivity index (χ3v) is 4.81. The van der Waals surface area contributed by atoms with Gasteiger partial charge in [0.15, 0.2) is 0 Å². The van der Waals surface area contributed by atoms with Gasteiger partial charge in [0.05, 0.1) is 12.2 Å². The van der Waals surface area contributed by atoms with Crippen molar-refractivity contribution in [3.05, 3.63) is 21.4 Å². The summed E-state index contributed by atoms with van der Waals surface area (Å²) >= 11 is 1.88. The molecule has 0 aliphatic heterocycles. The van der Waals surface area contributed by atoms with Crippen LogP contribution in [-0.4, -0.2) is 32.0 Å². The maximum Gasteiger partial charge on any atom is 0.0986 e. The summed E-state index contributed by atoms with van der Waals surface area (Å²) in [5, 5.41) is 3.57. The monoisotopic (exact) mass is 269 g/mol. The molecular weight excluding hydrogens is 246 g/mol. The molecule has 1 aromatic rings. The molecule has 1 aliphatic carbocycles. The van der Waals surface area contributed by atoms with E-state index in [4.69, 9.17) is 9.47 Å². The van der Waals surface area contributed by atoms with Crippen LogP contribution < -0.4 is 5.32 Å². The first-order valence-corrected chi connectivity index (χ1v) is 7.41. The number of hydrogen-bond donors (Lipinski definition) is 1. The van der Waals surface area contributed by atoms with Crippen LogP contribution in [0.5, 0.6) is 0 Å². The highest BCUT2D eigenvalue weighted by Crippen LogP contribution is 2.28. The van der Waals surface area contributed by atoms with E-state index in [-0.39, 0.29) is 12.2 Å². The third-order valence-electron chi connectivity index (χ3n) is 3.66. The number of methoxy groups -OCH3 is 1. The van der Waals surface area contributed by atoms with E-state index >= 15 is 0 Å². The molecule has 3 unspecified atom stereocenters. The first kappa shape index (κ1) is 14.0. The second kappa shape index (κ2) is 6.15. The molecule has 0 saturated heterocycles. The van der Waals surface area contributed by atoms with Crippen LogP contribution in [0.4, 0.5) is 0 Å². The van der Waals surface area contributed by atoms with Crippen molar-refractivity contribution < 1.29 is 9.47 Å². The normalized spacial score (nSPS) is 27.2. The van der Waals surface area contributed by atoms with Crippen molar-refractivity contribution in [1.82, 2.24) is 5.32 Å². The van der Waals surface area contributed by atoms with Gasteiger partial charge in [-0.1, -0.05) is 0 Å². The van der Waals surface area contributed by atoms with Crippen molar-refractivity contribution in [2.75, 3.05) is 13.7 Å². The summed E-state index contributed by atoms with van der Waals surface area (Å²) in [6.45, 7) is 8.08. The van der Waals surface area contributed by atoms with Crippen LogP contribution in [0.25, 0.3) is 0 Å². The Morgan fingerprint density at radius 1 is 1.44 bits per heavy atom. The first-order valence-electron chi connectivity index (χ1n) is 6.59. The van der Waals surface area contributed by atoms with Crippen molar-refractivity contribution in [3.8, 4) is 0 Å². The maximum atomic E-state index is 5.62. The predicted molar refractivity (Wildman–Crippen MR) is 75.2 cm³/mol. The molecule has 102 valence electrons. The lowest BCUT2D eigenvalue weighted by molar-refractivity contribution is -0.131. The number of hydrogen-bond acceptors (Lipinski definition) is 4. The molecule has 0 spiro atoms. The van der Waals surface area contributed by atoms with Crippen LogP contribution in [0.3, 0.4) is 0 Å². The minimum Gasteiger partial charge on any atom is -0.377 e. The summed E-state index contributed by atoms with van der Waals surface area (Å²) in [5.41, 5.74) is 1.39. The molecule has 0 aromatic carbocycles. The Labute approximate surface area is 113 Å². The lowest BCUT2D eigenvalue weighted by Crippen LogP contribution is -2.59. The van der Waals surface area contributed by atoms with Gasteiger partial charge < -0.3 is 14.8 Å². The molecule has 3 nitrogen and oxygen atoms in total. The summed E-state index contributed by atoms with van der Waals surface area (Å²) < 4.78 is 11.1. The second-order valence-corrected chi connectivity index (χ2v) is 6.21. The van der Waals surface area contributed by atoms with Crippen molar-refractivity contribution in [2.45, 2.75) is 52.0 Å². The molecule has 18 heavy (non-hydrogen) atoms. The van der Waals surface area contributed by atoms with Gasteiger partial charge in [0.2, 0.25) is 0 Å². The number of rotatable bonds is 6. The molecule has 3 atom stereocenters. The minimum absolute atomic E-state index is 0.201. The Morgan fingerprint density at radius 2 is 2.22 bits per heavy atom. The molecule has 1 heterocycles. The van der Waals surface area contributed by atoms with E-state index < -0.39 is 0 Å². The Morgan fingerprint density at radius 3 is 2.78 bits per heavy atom. The van der Waals surface area contributed by atoms with Crippen LogP contribution in [0.1, 0.15) is 28.7 Å². The zero-order valence-electron chi connectivity index (χ0n) is 11.7. The quantitative estimate of drug-likeness (QED) is 0.861. The molecule has 0 bridgehead atoms. The van der Waals surface area contributed by atoms with Gasteiger partial charge in [0.1, 0.15) is 0 Å². The fourth-order valence-electron chi connectivity index (χ4n) is 2.44. The van der Waals surface area contributed by atoms with E-state index in [9.17, 15) is 0 Å². The zero-order chi connectivity index (χ0) is 13.1. The summed E-state index contributed by atoms with van der Waals surface area (Å²) in [6, 6.07) is 2.70. The van der Waals surface area contributed by atoms with Crippen molar-refractivity contribution in [3.63, 3.8) is 0 Å². The van der Waals surface area contributed by atoms with Gasteiger partial charge in [-0.2, -0.15) is 0 Å². The second-order valence-electron chi connectivity index (χ2n) is 4.87. The number of ether oxygens (including phenoxy) is 2. The first-order chi connectivity index (χ1) is 8.65. The lowest BCUT2D eigenvalue weighted by Gasteiger charge is -2.43.